The van der Waals surface area contributed by atoms with Crippen LogP contribution in [0.2, 0.25) is 0 Å². The van der Waals surface area contributed by atoms with E-state index in [1.807, 2.05) is 31.2 Å². The van der Waals surface area contributed by atoms with Crippen LogP contribution in [0.4, 0.5) is 0 Å². The van der Waals surface area contributed by atoms with Crippen molar-refractivity contribution >= 4 is 16.6 Å². The Morgan fingerprint density at radius 1 is 1.40 bits per heavy atom. The highest BCUT2D eigenvalue weighted by Crippen LogP contribution is 2.19. The van der Waals surface area contributed by atoms with Gasteiger partial charge in [-0.25, -0.2) is 0 Å². The van der Waals surface area contributed by atoms with Crippen LogP contribution in [0, 0.1) is 6.92 Å². The molecule has 1 aromatic carbocycles. The molecule has 0 N–H and O–H groups in total. The summed E-state index contributed by atoms with van der Waals surface area (Å²) in [5.41, 5.74) is 2.20. The average molecular weight is 153 g/mol. The Bertz CT molecular complexity index is 251. The van der Waals surface area contributed by atoms with Gasteiger partial charge in [0.2, 0.25) is 0 Å². The van der Waals surface area contributed by atoms with Crippen LogP contribution in [-0.4, -0.2) is 0 Å². The fourth-order valence-corrected chi connectivity index (χ4v) is 1.09. The van der Waals surface area contributed by atoms with Crippen molar-refractivity contribution in [2.75, 3.05) is 0 Å². The minimum absolute atomic E-state index is 0.609. The number of halogens is 1. The molecule has 0 saturated heterocycles. The van der Waals surface area contributed by atoms with E-state index in [9.17, 15) is 0 Å². The molecule has 0 radical (unpaired) electrons. The Kier molecular flexibility index (Phi) is 2.13. The third-order valence-corrected chi connectivity index (χ3v) is 1.64. The molecule has 0 bridgehead atoms. The lowest BCUT2D eigenvalue weighted by Crippen LogP contribution is -1.79. The quantitative estimate of drug-likeness (QED) is 0.580. The number of hydrogen-bond acceptors (Lipinski definition) is 0. The predicted molar refractivity (Wildman–Crippen MR) is 46.1 cm³/mol. The summed E-state index contributed by atoms with van der Waals surface area (Å²) >= 11 is 5.71. The summed E-state index contributed by atoms with van der Waals surface area (Å²) in [4.78, 5) is 0. The Morgan fingerprint density at radius 3 is 2.40 bits per heavy atom. The molecule has 0 aromatic heterocycles. The van der Waals surface area contributed by atoms with Gasteiger partial charge in [-0.2, -0.15) is 0 Å². The van der Waals surface area contributed by atoms with E-state index < -0.39 is 0 Å². The Morgan fingerprint density at radius 2 is 2.00 bits per heavy atom. The summed E-state index contributed by atoms with van der Waals surface area (Å²) in [6.45, 7) is 5.67. The molecule has 0 aliphatic heterocycles. The summed E-state index contributed by atoms with van der Waals surface area (Å²) in [6.07, 6.45) is 0. The van der Waals surface area contributed by atoms with E-state index in [0.29, 0.717) is 5.03 Å². The van der Waals surface area contributed by atoms with Gasteiger partial charge >= 0.3 is 0 Å². The molecule has 0 spiro atoms. The smallest absolute Gasteiger partial charge is 0.0409 e. The third-order valence-electron chi connectivity index (χ3n) is 1.44. The second kappa shape index (κ2) is 2.89. The standard InChI is InChI=1S/C9H9Cl/c1-7-5-3-4-6-9(7)8(2)10/h3-6H,2H2,1H3. The van der Waals surface area contributed by atoms with Gasteiger partial charge in [0.1, 0.15) is 0 Å². The molecule has 0 fully saturated rings. The van der Waals surface area contributed by atoms with Crippen LogP contribution in [0.5, 0.6) is 0 Å². The molecule has 0 aliphatic rings. The van der Waals surface area contributed by atoms with Crippen LogP contribution in [0.15, 0.2) is 30.8 Å². The largest absolute Gasteiger partial charge is 0.0843 e. The summed E-state index contributed by atoms with van der Waals surface area (Å²) in [7, 11) is 0. The minimum Gasteiger partial charge on any atom is -0.0843 e. The molecule has 1 rings (SSSR count). The maximum Gasteiger partial charge on any atom is 0.0409 e. The Balaban J connectivity index is 3.15. The van der Waals surface area contributed by atoms with Crippen molar-refractivity contribution in [2.45, 2.75) is 6.92 Å². The lowest BCUT2D eigenvalue weighted by Gasteiger charge is -2.00. The number of rotatable bonds is 1. The summed E-state index contributed by atoms with van der Waals surface area (Å²) in [5.74, 6) is 0. The van der Waals surface area contributed by atoms with E-state index in [-0.39, 0.29) is 0 Å². The van der Waals surface area contributed by atoms with Crippen molar-refractivity contribution in [3.05, 3.63) is 42.0 Å². The predicted octanol–water partition coefficient (Wildman–Crippen LogP) is 3.20. The molecule has 1 heteroatoms. The first-order chi connectivity index (χ1) is 4.72. The third kappa shape index (κ3) is 1.39. The van der Waals surface area contributed by atoms with Gasteiger partial charge in [-0.3, -0.25) is 0 Å². The van der Waals surface area contributed by atoms with E-state index in [1.165, 1.54) is 5.56 Å². The lowest BCUT2D eigenvalue weighted by molar-refractivity contribution is 1.44. The van der Waals surface area contributed by atoms with Crippen molar-refractivity contribution in [3.8, 4) is 0 Å². The van der Waals surface area contributed by atoms with Gasteiger partial charge in [-0.1, -0.05) is 42.4 Å². The van der Waals surface area contributed by atoms with Crippen molar-refractivity contribution in [2.24, 2.45) is 0 Å². The summed E-state index contributed by atoms with van der Waals surface area (Å²) in [6, 6.07) is 7.92. The van der Waals surface area contributed by atoms with Gasteiger partial charge in [0.05, 0.1) is 0 Å². The molecule has 0 heterocycles. The van der Waals surface area contributed by atoms with Crippen molar-refractivity contribution < 1.29 is 0 Å². The molecule has 0 saturated carbocycles. The number of benzene rings is 1. The second-order valence-corrected chi connectivity index (χ2v) is 2.68. The normalized spacial score (nSPS) is 9.40. The van der Waals surface area contributed by atoms with Gasteiger partial charge in [0.15, 0.2) is 0 Å². The molecular formula is C9H9Cl. The number of hydrogen-bond donors (Lipinski definition) is 0. The fourth-order valence-electron chi connectivity index (χ4n) is 0.877. The van der Waals surface area contributed by atoms with Crippen molar-refractivity contribution in [1.29, 1.82) is 0 Å². The Hall–Kier alpha value is -0.750. The molecule has 0 nitrogen and oxygen atoms in total. The molecule has 0 unspecified atom stereocenters. The van der Waals surface area contributed by atoms with E-state index >= 15 is 0 Å². The van der Waals surface area contributed by atoms with Gasteiger partial charge in [-0.15, -0.1) is 0 Å². The molecular weight excluding hydrogens is 144 g/mol. The van der Waals surface area contributed by atoms with Crippen LogP contribution < -0.4 is 0 Å². The van der Waals surface area contributed by atoms with Crippen LogP contribution >= 0.6 is 11.6 Å². The molecule has 0 aliphatic carbocycles. The summed E-state index contributed by atoms with van der Waals surface area (Å²) in [5, 5.41) is 0.609. The highest BCUT2D eigenvalue weighted by Gasteiger charge is 1.96. The topological polar surface area (TPSA) is 0 Å². The zero-order valence-electron chi connectivity index (χ0n) is 5.89. The summed E-state index contributed by atoms with van der Waals surface area (Å²) < 4.78 is 0. The van der Waals surface area contributed by atoms with Crippen molar-refractivity contribution in [1.82, 2.24) is 0 Å². The maximum absolute atomic E-state index is 5.71. The van der Waals surface area contributed by atoms with Gasteiger partial charge in [0.25, 0.3) is 0 Å². The van der Waals surface area contributed by atoms with E-state index in [0.717, 1.165) is 5.56 Å². The van der Waals surface area contributed by atoms with E-state index in [4.69, 9.17) is 11.6 Å². The molecule has 52 valence electrons. The first-order valence-corrected chi connectivity index (χ1v) is 3.50. The number of aryl methyl sites for hydroxylation is 1. The fraction of sp³-hybridized carbons (Fsp3) is 0.111. The highest BCUT2D eigenvalue weighted by atomic mass is 35.5. The zero-order valence-corrected chi connectivity index (χ0v) is 6.65. The van der Waals surface area contributed by atoms with Crippen LogP contribution in [0.1, 0.15) is 11.1 Å². The highest BCUT2D eigenvalue weighted by molar-refractivity contribution is 6.48. The van der Waals surface area contributed by atoms with E-state index in [1.54, 1.807) is 0 Å². The second-order valence-electron chi connectivity index (χ2n) is 2.22. The van der Waals surface area contributed by atoms with E-state index in [2.05, 4.69) is 6.58 Å². The minimum atomic E-state index is 0.609. The van der Waals surface area contributed by atoms with Gasteiger partial charge in [-0.05, 0) is 18.1 Å². The lowest BCUT2D eigenvalue weighted by atomic mass is 10.1. The molecule has 0 amide bonds. The first kappa shape index (κ1) is 7.36. The maximum atomic E-state index is 5.71. The van der Waals surface area contributed by atoms with Crippen LogP contribution in [0.3, 0.4) is 0 Å². The molecule has 10 heavy (non-hydrogen) atoms. The van der Waals surface area contributed by atoms with Crippen LogP contribution in [0.25, 0.3) is 5.03 Å². The van der Waals surface area contributed by atoms with Gasteiger partial charge in [0, 0.05) is 5.03 Å². The monoisotopic (exact) mass is 152 g/mol. The molecule has 1 aromatic rings. The first-order valence-electron chi connectivity index (χ1n) is 3.12. The van der Waals surface area contributed by atoms with Crippen LogP contribution in [-0.2, 0) is 0 Å². The average Bonchev–Trinajstić information content (AvgIpc) is 1.88. The SMILES string of the molecule is C=C(Cl)c1ccccc1C. The van der Waals surface area contributed by atoms with Gasteiger partial charge < -0.3 is 0 Å². The Labute approximate surface area is 66.1 Å². The molecule has 0 atom stereocenters. The van der Waals surface area contributed by atoms with Crippen molar-refractivity contribution in [3.63, 3.8) is 0 Å². The zero-order chi connectivity index (χ0) is 7.56.